The van der Waals surface area contributed by atoms with Crippen molar-refractivity contribution < 1.29 is 4.79 Å². The van der Waals surface area contributed by atoms with Crippen molar-refractivity contribution in [1.29, 1.82) is 0 Å². The van der Waals surface area contributed by atoms with Gasteiger partial charge >= 0.3 is 0 Å². The third-order valence-electron chi connectivity index (χ3n) is 3.17. The van der Waals surface area contributed by atoms with Gasteiger partial charge in [-0.3, -0.25) is 4.79 Å². The van der Waals surface area contributed by atoms with Crippen LogP contribution < -0.4 is 0 Å². The summed E-state index contributed by atoms with van der Waals surface area (Å²) in [5.41, 5.74) is 0. The number of hydrogen-bond acceptors (Lipinski definition) is 3. The van der Waals surface area contributed by atoms with Crippen LogP contribution in [-0.4, -0.2) is 74.0 Å². The smallest absolute Gasteiger partial charge is 0.222 e. The zero-order valence-corrected chi connectivity index (χ0v) is 10.9. The highest BCUT2D eigenvalue weighted by atomic mass is 16.2. The molecule has 1 rings (SSSR count). The summed E-state index contributed by atoms with van der Waals surface area (Å²) in [5.74, 6) is 0.331. The maximum atomic E-state index is 11.9. The molecule has 0 aliphatic carbocycles. The average molecular weight is 227 g/mol. The summed E-state index contributed by atoms with van der Waals surface area (Å²) < 4.78 is 0. The molecule has 1 fully saturated rings. The Kier molecular flexibility index (Phi) is 5.77. The van der Waals surface area contributed by atoms with Crippen LogP contribution in [0.1, 0.15) is 19.8 Å². The second kappa shape index (κ2) is 6.86. The van der Waals surface area contributed by atoms with Crippen molar-refractivity contribution in [2.24, 2.45) is 0 Å². The zero-order valence-electron chi connectivity index (χ0n) is 10.9. The lowest BCUT2D eigenvalue weighted by atomic mass is 10.2. The second-order valence-corrected chi connectivity index (χ2v) is 4.72. The Bertz CT molecular complexity index is 210. The number of hydrogen-bond donors (Lipinski definition) is 0. The van der Waals surface area contributed by atoms with Crippen molar-refractivity contribution in [3.05, 3.63) is 0 Å². The van der Waals surface area contributed by atoms with Crippen LogP contribution in [0, 0.1) is 0 Å². The Morgan fingerprint density at radius 3 is 2.31 bits per heavy atom. The molecule has 1 aliphatic rings. The molecule has 4 heteroatoms. The topological polar surface area (TPSA) is 26.8 Å². The van der Waals surface area contributed by atoms with Gasteiger partial charge in [0.2, 0.25) is 5.91 Å². The van der Waals surface area contributed by atoms with Crippen LogP contribution in [0.3, 0.4) is 0 Å². The molecule has 0 N–H and O–H groups in total. The van der Waals surface area contributed by atoms with E-state index in [-0.39, 0.29) is 0 Å². The van der Waals surface area contributed by atoms with Crippen LogP contribution in [0.4, 0.5) is 0 Å². The van der Waals surface area contributed by atoms with Crippen LogP contribution >= 0.6 is 0 Å². The van der Waals surface area contributed by atoms with Gasteiger partial charge in [0.15, 0.2) is 0 Å². The molecule has 0 atom stereocenters. The lowest BCUT2D eigenvalue weighted by Gasteiger charge is -2.34. The third kappa shape index (κ3) is 4.49. The van der Waals surface area contributed by atoms with Crippen molar-refractivity contribution in [1.82, 2.24) is 14.7 Å². The minimum atomic E-state index is 0.331. The highest BCUT2D eigenvalue weighted by Crippen LogP contribution is 2.04. The van der Waals surface area contributed by atoms with Gasteiger partial charge in [-0.05, 0) is 33.6 Å². The maximum absolute atomic E-state index is 11.9. The molecule has 0 radical (unpaired) electrons. The lowest BCUT2D eigenvalue weighted by molar-refractivity contribution is -0.133. The fourth-order valence-corrected chi connectivity index (χ4v) is 2.02. The molecule has 0 spiro atoms. The molecule has 1 amide bonds. The van der Waals surface area contributed by atoms with E-state index in [9.17, 15) is 4.79 Å². The molecule has 1 aliphatic heterocycles. The third-order valence-corrected chi connectivity index (χ3v) is 3.17. The van der Waals surface area contributed by atoms with Gasteiger partial charge in [-0.25, -0.2) is 0 Å². The Morgan fingerprint density at radius 1 is 1.19 bits per heavy atom. The van der Waals surface area contributed by atoms with Gasteiger partial charge in [-0.15, -0.1) is 0 Å². The second-order valence-electron chi connectivity index (χ2n) is 4.72. The molecular weight excluding hydrogens is 202 g/mol. The molecule has 1 saturated heterocycles. The van der Waals surface area contributed by atoms with Gasteiger partial charge in [-0.1, -0.05) is 6.92 Å². The van der Waals surface area contributed by atoms with E-state index in [1.807, 2.05) is 19.0 Å². The van der Waals surface area contributed by atoms with Gasteiger partial charge in [0, 0.05) is 32.6 Å². The summed E-state index contributed by atoms with van der Waals surface area (Å²) in [6, 6.07) is 0. The highest BCUT2D eigenvalue weighted by molar-refractivity contribution is 5.76. The van der Waals surface area contributed by atoms with E-state index in [1.54, 1.807) is 0 Å². The van der Waals surface area contributed by atoms with Crippen molar-refractivity contribution in [3.63, 3.8) is 0 Å². The summed E-state index contributed by atoms with van der Waals surface area (Å²) in [7, 11) is 4.09. The van der Waals surface area contributed by atoms with Gasteiger partial charge in [0.1, 0.15) is 0 Å². The SMILES string of the molecule is CCN1CCN(C(=O)CCCN(C)C)CC1. The van der Waals surface area contributed by atoms with Gasteiger partial charge in [0.05, 0.1) is 0 Å². The summed E-state index contributed by atoms with van der Waals surface area (Å²) >= 11 is 0. The monoisotopic (exact) mass is 227 g/mol. The lowest BCUT2D eigenvalue weighted by Crippen LogP contribution is -2.48. The van der Waals surface area contributed by atoms with E-state index in [1.165, 1.54) is 0 Å². The predicted molar refractivity (Wildman–Crippen MR) is 66.5 cm³/mol. The van der Waals surface area contributed by atoms with Crippen molar-refractivity contribution >= 4 is 5.91 Å². The molecule has 0 saturated carbocycles. The molecule has 0 bridgehead atoms. The largest absolute Gasteiger partial charge is 0.340 e. The molecule has 0 unspecified atom stereocenters. The molecule has 0 aromatic rings. The summed E-state index contributed by atoms with van der Waals surface area (Å²) in [5, 5.41) is 0. The zero-order chi connectivity index (χ0) is 12.0. The summed E-state index contributed by atoms with van der Waals surface area (Å²) in [6.45, 7) is 8.17. The van der Waals surface area contributed by atoms with Gasteiger partial charge < -0.3 is 14.7 Å². The van der Waals surface area contributed by atoms with Crippen LogP contribution in [0.25, 0.3) is 0 Å². The number of nitrogens with zero attached hydrogens (tertiary/aromatic N) is 3. The highest BCUT2D eigenvalue weighted by Gasteiger charge is 2.19. The minimum absolute atomic E-state index is 0.331. The first-order valence-corrected chi connectivity index (χ1v) is 6.28. The Balaban J connectivity index is 2.18. The number of piperazine rings is 1. The summed E-state index contributed by atoms with van der Waals surface area (Å²) in [6.07, 6.45) is 1.67. The van der Waals surface area contributed by atoms with Gasteiger partial charge in [0.25, 0.3) is 0 Å². The van der Waals surface area contributed by atoms with E-state index >= 15 is 0 Å². The van der Waals surface area contributed by atoms with E-state index < -0.39 is 0 Å². The Labute approximate surface area is 99.2 Å². The van der Waals surface area contributed by atoms with Crippen molar-refractivity contribution in [2.75, 3.05) is 53.4 Å². The van der Waals surface area contributed by atoms with Crippen LogP contribution in [0.15, 0.2) is 0 Å². The maximum Gasteiger partial charge on any atom is 0.222 e. The number of rotatable bonds is 5. The normalized spacial score (nSPS) is 18.1. The Hall–Kier alpha value is -0.610. The van der Waals surface area contributed by atoms with E-state index in [0.717, 1.165) is 45.7 Å². The number of carbonyl (C=O) groups excluding carboxylic acids is 1. The van der Waals surface area contributed by atoms with Gasteiger partial charge in [-0.2, -0.15) is 0 Å². The van der Waals surface area contributed by atoms with Crippen molar-refractivity contribution in [2.45, 2.75) is 19.8 Å². The Morgan fingerprint density at radius 2 is 1.81 bits per heavy atom. The van der Waals surface area contributed by atoms with E-state index in [2.05, 4.69) is 16.7 Å². The molecule has 16 heavy (non-hydrogen) atoms. The first-order valence-electron chi connectivity index (χ1n) is 6.28. The predicted octanol–water partition coefficient (Wildman–Crippen LogP) is 0.492. The van der Waals surface area contributed by atoms with Crippen molar-refractivity contribution in [3.8, 4) is 0 Å². The van der Waals surface area contributed by atoms with Crippen LogP contribution in [0.2, 0.25) is 0 Å². The standard InChI is InChI=1S/C12H25N3O/c1-4-14-8-10-15(11-9-14)12(16)6-5-7-13(2)3/h4-11H2,1-3H3. The van der Waals surface area contributed by atoms with Crippen LogP contribution in [-0.2, 0) is 4.79 Å². The fraction of sp³-hybridized carbons (Fsp3) is 0.917. The average Bonchev–Trinajstić information content (AvgIpc) is 2.28. The minimum Gasteiger partial charge on any atom is -0.340 e. The molecule has 94 valence electrons. The summed E-state index contributed by atoms with van der Waals surface area (Å²) in [4.78, 5) is 18.4. The quantitative estimate of drug-likeness (QED) is 0.684. The molecule has 1 heterocycles. The molecule has 0 aromatic carbocycles. The number of carbonyl (C=O) groups is 1. The van der Waals surface area contributed by atoms with E-state index in [4.69, 9.17) is 0 Å². The first kappa shape index (κ1) is 13.5. The molecular formula is C12H25N3O. The number of amides is 1. The number of likely N-dealkylation sites (N-methyl/N-ethyl adjacent to an activating group) is 1. The molecule has 0 aromatic heterocycles. The first-order chi connectivity index (χ1) is 7.63. The fourth-order valence-electron chi connectivity index (χ4n) is 2.02. The van der Waals surface area contributed by atoms with Crippen LogP contribution in [0.5, 0.6) is 0 Å². The van der Waals surface area contributed by atoms with E-state index in [0.29, 0.717) is 12.3 Å². The molecule has 4 nitrogen and oxygen atoms in total.